The van der Waals surface area contributed by atoms with Crippen LogP contribution in [-0.4, -0.2) is 65.2 Å². The highest BCUT2D eigenvalue weighted by atomic mass is 16.6. The van der Waals surface area contributed by atoms with E-state index < -0.39 is 0 Å². The summed E-state index contributed by atoms with van der Waals surface area (Å²) in [7, 11) is 5.61. The molecule has 0 aromatic carbocycles. The van der Waals surface area contributed by atoms with E-state index >= 15 is 0 Å². The second kappa shape index (κ2) is 7.56. The van der Waals surface area contributed by atoms with Crippen LogP contribution in [0.15, 0.2) is 11.3 Å². The van der Waals surface area contributed by atoms with E-state index in [0.717, 1.165) is 23.6 Å². The van der Waals surface area contributed by atoms with Crippen molar-refractivity contribution in [2.24, 2.45) is 4.99 Å². The third-order valence-corrected chi connectivity index (χ3v) is 3.36. The van der Waals surface area contributed by atoms with Crippen molar-refractivity contribution in [1.82, 2.24) is 24.6 Å². The Morgan fingerprint density at radius 1 is 1.52 bits per heavy atom. The van der Waals surface area contributed by atoms with Gasteiger partial charge in [-0.25, -0.2) is 9.97 Å². The Hall–Kier alpha value is -1.93. The number of aromatic amines is 1. The number of fused-ring (bicyclic) bond motifs is 1. The van der Waals surface area contributed by atoms with Gasteiger partial charge in [-0.2, -0.15) is 4.73 Å². The van der Waals surface area contributed by atoms with Crippen LogP contribution in [0, 0.1) is 0 Å². The predicted octanol–water partition coefficient (Wildman–Crippen LogP) is 0.766. The maximum Gasteiger partial charge on any atom is 0.199 e. The third kappa shape index (κ3) is 4.29. The van der Waals surface area contributed by atoms with Crippen molar-refractivity contribution in [3.8, 4) is 0 Å². The van der Waals surface area contributed by atoms with Crippen LogP contribution in [0.2, 0.25) is 0 Å². The number of rotatable bonds is 4. The Kier molecular flexibility index (Phi) is 5.73. The zero-order valence-corrected chi connectivity index (χ0v) is 14.7. The summed E-state index contributed by atoms with van der Waals surface area (Å²) >= 11 is 0. The van der Waals surface area contributed by atoms with E-state index in [-0.39, 0.29) is 0 Å². The van der Waals surface area contributed by atoms with Crippen molar-refractivity contribution in [3.05, 3.63) is 17.6 Å². The second-order valence-electron chi connectivity index (χ2n) is 5.78. The van der Waals surface area contributed by atoms with Gasteiger partial charge >= 0.3 is 0 Å². The highest BCUT2D eigenvalue weighted by Gasteiger charge is 2.23. The lowest BCUT2D eigenvalue weighted by molar-refractivity contribution is 0.172. The van der Waals surface area contributed by atoms with E-state index in [1.54, 1.807) is 13.4 Å². The Balaban J connectivity index is 0.000000268. The van der Waals surface area contributed by atoms with E-state index in [0.29, 0.717) is 24.2 Å². The van der Waals surface area contributed by atoms with Crippen molar-refractivity contribution in [2.45, 2.75) is 32.9 Å². The van der Waals surface area contributed by atoms with Crippen LogP contribution in [0.4, 0.5) is 0 Å². The minimum Gasteiger partial charge on any atom is -0.414 e. The fraction of sp³-hybridized carbons (Fsp3) is 0.667. The summed E-state index contributed by atoms with van der Waals surface area (Å²) in [5.74, 6) is 1.23. The molecule has 3 heterocycles. The van der Waals surface area contributed by atoms with Gasteiger partial charge in [0.25, 0.3) is 0 Å². The first-order valence-corrected chi connectivity index (χ1v) is 7.78. The van der Waals surface area contributed by atoms with Gasteiger partial charge in [0.2, 0.25) is 0 Å². The topological polar surface area (TPSA) is 83.9 Å². The van der Waals surface area contributed by atoms with Crippen LogP contribution in [0.1, 0.15) is 32.5 Å². The van der Waals surface area contributed by atoms with Gasteiger partial charge in [0.1, 0.15) is 31.0 Å². The molecule has 3 rings (SSSR count). The SMILES string of the molecule is CCN=c1ncn(OC)c2nc(C(C)C)[nH]c12.CN(C)C1CO1. The molecule has 0 bridgehead atoms. The molecule has 8 heteroatoms. The van der Waals surface area contributed by atoms with E-state index in [4.69, 9.17) is 9.57 Å². The first kappa shape index (κ1) is 17.4. The molecular formula is C15H26N6O2. The molecule has 0 radical (unpaired) electrons. The lowest BCUT2D eigenvalue weighted by Gasteiger charge is -2.02. The standard InChI is InChI=1S/C11H17N5O.C4H9NO/c1-5-12-10-8-11(16(17-4)6-13-10)15-9(14-8)7(2)3;1-5(2)4-3-6-4/h6-7H,5H2,1-4H3,(H,14,15);4H,3H2,1-2H3. The number of H-pyrrole nitrogens is 1. The Morgan fingerprint density at radius 3 is 2.65 bits per heavy atom. The van der Waals surface area contributed by atoms with Gasteiger partial charge in [0, 0.05) is 12.5 Å². The molecule has 1 fully saturated rings. The van der Waals surface area contributed by atoms with Gasteiger partial charge < -0.3 is 14.6 Å². The van der Waals surface area contributed by atoms with Gasteiger partial charge in [-0.3, -0.25) is 9.89 Å². The van der Waals surface area contributed by atoms with Crippen molar-refractivity contribution < 1.29 is 9.57 Å². The van der Waals surface area contributed by atoms with Gasteiger partial charge in [-0.05, 0) is 21.0 Å². The summed E-state index contributed by atoms with van der Waals surface area (Å²) in [6.07, 6.45) is 2.02. The molecule has 1 unspecified atom stereocenters. The summed E-state index contributed by atoms with van der Waals surface area (Å²) in [6, 6.07) is 0. The summed E-state index contributed by atoms with van der Waals surface area (Å²) < 4.78 is 6.43. The van der Waals surface area contributed by atoms with Crippen molar-refractivity contribution >= 4 is 11.2 Å². The van der Waals surface area contributed by atoms with E-state index in [2.05, 4.69) is 38.7 Å². The number of nitrogens with zero attached hydrogens (tertiary/aromatic N) is 5. The van der Waals surface area contributed by atoms with Gasteiger partial charge in [-0.15, -0.1) is 0 Å². The van der Waals surface area contributed by atoms with Gasteiger partial charge in [-0.1, -0.05) is 13.8 Å². The minimum absolute atomic E-state index is 0.321. The van der Waals surface area contributed by atoms with Crippen molar-refractivity contribution in [3.63, 3.8) is 0 Å². The minimum atomic E-state index is 0.321. The predicted molar refractivity (Wildman–Crippen MR) is 88.0 cm³/mol. The third-order valence-electron chi connectivity index (χ3n) is 3.36. The zero-order valence-electron chi connectivity index (χ0n) is 14.7. The van der Waals surface area contributed by atoms with Crippen LogP contribution >= 0.6 is 0 Å². The van der Waals surface area contributed by atoms with Crippen LogP contribution in [0.5, 0.6) is 0 Å². The molecule has 8 nitrogen and oxygen atoms in total. The van der Waals surface area contributed by atoms with Crippen LogP contribution in [0.25, 0.3) is 11.2 Å². The smallest absolute Gasteiger partial charge is 0.199 e. The maximum atomic E-state index is 5.18. The van der Waals surface area contributed by atoms with Crippen LogP contribution in [0.3, 0.4) is 0 Å². The lowest BCUT2D eigenvalue weighted by Crippen LogP contribution is -2.17. The zero-order chi connectivity index (χ0) is 17.0. The fourth-order valence-corrected chi connectivity index (χ4v) is 1.94. The molecule has 1 saturated heterocycles. The molecule has 2 aromatic heterocycles. The largest absolute Gasteiger partial charge is 0.414 e. The number of likely N-dealkylation sites (N-methyl/N-ethyl adjacent to an activating group) is 1. The second-order valence-corrected chi connectivity index (χ2v) is 5.78. The molecule has 0 amide bonds. The van der Waals surface area contributed by atoms with E-state index in [1.165, 1.54) is 4.73 Å². The molecule has 1 N–H and O–H groups in total. The van der Waals surface area contributed by atoms with E-state index in [1.807, 2.05) is 21.0 Å². The first-order chi connectivity index (χ1) is 11.0. The lowest BCUT2D eigenvalue weighted by atomic mass is 10.2. The molecule has 2 aromatic rings. The summed E-state index contributed by atoms with van der Waals surface area (Å²) in [5.41, 5.74) is 2.22. The summed E-state index contributed by atoms with van der Waals surface area (Å²) in [4.78, 5) is 23.6. The quantitative estimate of drug-likeness (QED) is 0.841. The maximum absolute atomic E-state index is 5.18. The normalized spacial score (nSPS) is 17.6. The highest BCUT2D eigenvalue weighted by Crippen LogP contribution is 2.13. The first-order valence-electron chi connectivity index (χ1n) is 7.78. The summed E-state index contributed by atoms with van der Waals surface area (Å²) in [5, 5.41) is 0. The molecule has 0 saturated carbocycles. The number of imidazole rings is 1. The average molecular weight is 322 g/mol. The Bertz CT molecular complexity index is 700. The van der Waals surface area contributed by atoms with E-state index in [9.17, 15) is 0 Å². The van der Waals surface area contributed by atoms with Crippen LogP contribution < -0.4 is 10.3 Å². The highest BCUT2D eigenvalue weighted by molar-refractivity contribution is 5.69. The molecule has 23 heavy (non-hydrogen) atoms. The number of hydrogen-bond donors (Lipinski definition) is 1. The number of ether oxygens (including phenoxy) is 1. The fourth-order valence-electron chi connectivity index (χ4n) is 1.94. The molecule has 1 aliphatic heterocycles. The number of aromatic nitrogens is 4. The van der Waals surface area contributed by atoms with Gasteiger partial charge in [0.15, 0.2) is 11.1 Å². The van der Waals surface area contributed by atoms with Crippen molar-refractivity contribution in [1.29, 1.82) is 0 Å². The molecular weight excluding hydrogens is 296 g/mol. The number of epoxide rings is 1. The molecule has 1 atom stereocenters. The molecule has 1 aliphatic rings. The molecule has 0 aliphatic carbocycles. The average Bonchev–Trinajstić information content (AvgIpc) is 3.27. The Morgan fingerprint density at radius 2 is 2.22 bits per heavy atom. The summed E-state index contributed by atoms with van der Waals surface area (Å²) in [6.45, 7) is 7.75. The van der Waals surface area contributed by atoms with Crippen molar-refractivity contribution in [2.75, 3.05) is 34.4 Å². The van der Waals surface area contributed by atoms with Gasteiger partial charge in [0.05, 0.1) is 6.61 Å². The number of nitrogens with one attached hydrogen (secondary N) is 1. The number of hydrogen-bond acceptors (Lipinski definition) is 6. The molecule has 128 valence electrons. The monoisotopic (exact) mass is 322 g/mol. The Labute approximate surface area is 136 Å². The van der Waals surface area contributed by atoms with Crippen LogP contribution in [-0.2, 0) is 4.74 Å². The molecule has 0 spiro atoms.